The molecular weight excluding hydrogens is 76.1 g/mol. The second kappa shape index (κ2) is 3.12. The number of nitrogens with one attached hydrogen (secondary N) is 1. The first kappa shape index (κ1) is 5.92. The lowest BCUT2D eigenvalue weighted by Gasteiger charge is -2.08. The van der Waals surface area contributed by atoms with E-state index < -0.39 is 0 Å². The third-order valence-corrected chi connectivity index (χ3v) is 0.338. The van der Waals surface area contributed by atoms with Crippen LogP contribution in [0.2, 0.25) is 0 Å². The van der Waals surface area contributed by atoms with Gasteiger partial charge in [-0.3, -0.25) is 0 Å². The van der Waals surface area contributed by atoms with Gasteiger partial charge in [-0.2, -0.15) is 0 Å². The second-order valence-corrected chi connectivity index (χ2v) is 1.16. The minimum Gasteiger partial charge on any atom is -0.484 e. The van der Waals surface area contributed by atoms with Crippen LogP contribution in [-0.4, -0.2) is 7.05 Å². The van der Waals surface area contributed by atoms with Gasteiger partial charge in [0, 0.05) is 0 Å². The van der Waals surface area contributed by atoms with Crippen LogP contribution < -0.4 is 11.1 Å². The smallest absolute Gasteiger partial charge is 0.0186 e. The van der Waals surface area contributed by atoms with E-state index in [0.29, 0.717) is 0 Å². The van der Waals surface area contributed by atoms with Gasteiger partial charge in [-0.05, 0) is 7.05 Å². The van der Waals surface area contributed by atoms with Crippen molar-refractivity contribution in [2.24, 2.45) is 0 Å². The molecular formula is C4H10N2. The molecule has 0 saturated heterocycles. The molecule has 0 spiro atoms. The van der Waals surface area contributed by atoms with Crippen molar-refractivity contribution in [1.82, 2.24) is 5.32 Å². The molecule has 2 nitrogen and oxygen atoms in total. The van der Waals surface area contributed by atoms with Crippen molar-refractivity contribution in [1.29, 1.82) is 0 Å². The van der Waals surface area contributed by atoms with E-state index in [1.165, 1.54) is 0 Å². The summed E-state index contributed by atoms with van der Waals surface area (Å²) in [5.74, 6) is 0. The zero-order valence-electron chi connectivity index (χ0n) is 4.21. The molecule has 0 aliphatic rings. The van der Waals surface area contributed by atoms with E-state index in [2.05, 4.69) is 17.6 Å². The standard InChI is InChI=1S/C4H10N2/c1-4(5)3-6-2/h6H,1-2,5H3. The van der Waals surface area contributed by atoms with Crippen LogP contribution in [0.25, 0.3) is 0 Å². The summed E-state index contributed by atoms with van der Waals surface area (Å²) in [6.07, 6.45) is 0. The molecule has 0 heterocycles. The SMILES string of the molecule is CN[C][C-](C)[NH3+]. The molecule has 0 aromatic carbocycles. The lowest BCUT2D eigenvalue weighted by molar-refractivity contribution is -0.343. The van der Waals surface area contributed by atoms with Crippen molar-refractivity contribution in [2.75, 3.05) is 7.05 Å². The maximum absolute atomic E-state index is 3.57. The van der Waals surface area contributed by atoms with Gasteiger partial charge in [-0.25, -0.2) is 0 Å². The van der Waals surface area contributed by atoms with E-state index in [4.69, 9.17) is 0 Å². The van der Waals surface area contributed by atoms with Crippen LogP contribution in [0, 0.1) is 12.6 Å². The van der Waals surface area contributed by atoms with Crippen LogP contribution in [0.5, 0.6) is 0 Å². The van der Waals surface area contributed by atoms with Gasteiger partial charge in [0.05, 0.1) is 0 Å². The first-order valence-corrected chi connectivity index (χ1v) is 1.85. The molecule has 0 amide bonds. The normalized spacial score (nSPS) is 10.0. The molecule has 0 bridgehead atoms. The van der Waals surface area contributed by atoms with E-state index in [1.54, 1.807) is 7.05 Å². The third kappa shape index (κ3) is 3.92. The molecule has 2 radical (unpaired) electrons. The minimum absolute atomic E-state index is 0.928. The van der Waals surface area contributed by atoms with Crippen molar-refractivity contribution < 1.29 is 5.73 Å². The molecule has 36 valence electrons. The highest BCUT2D eigenvalue weighted by atomic mass is 14.8. The van der Waals surface area contributed by atoms with Gasteiger partial charge < -0.3 is 11.1 Å². The Morgan fingerprint density at radius 1 is 1.83 bits per heavy atom. The highest BCUT2D eigenvalue weighted by molar-refractivity contribution is 4.80. The van der Waals surface area contributed by atoms with Gasteiger partial charge in [-0.15, -0.1) is 13.0 Å². The van der Waals surface area contributed by atoms with Crippen molar-refractivity contribution in [2.45, 2.75) is 6.92 Å². The summed E-state index contributed by atoms with van der Waals surface area (Å²) in [5, 5.41) is 2.72. The highest BCUT2D eigenvalue weighted by Crippen LogP contribution is 1.79. The largest absolute Gasteiger partial charge is 0.484 e. The van der Waals surface area contributed by atoms with Gasteiger partial charge >= 0.3 is 0 Å². The molecule has 2 heteroatoms. The zero-order chi connectivity index (χ0) is 4.99. The molecule has 0 fully saturated rings. The number of likely N-dealkylation sites (N-methyl/N-ethyl adjacent to an activating group) is 1. The fourth-order valence-electron chi connectivity index (χ4n) is 0.213. The fraction of sp³-hybridized carbons (Fsp3) is 0.500. The fourth-order valence-corrected chi connectivity index (χ4v) is 0.213. The monoisotopic (exact) mass is 86.1 g/mol. The van der Waals surface area contributed by atoms with E-state index in [9.17, 15) is 0 Å². The van der Waals surface area contributed by atoms with E-state index >= 15 is 0 Å². The van der Waals surface area contributed by atoms with Crippen LogP contribution in [0.15, 0.2) is 0 Å². The Hall–Kier alpha value is -0.0800. The van der Waals surface area contributed by atoms with Gasteiger partial charge in [0.2, 0.25) is 0 Å². The molecule has 0 aromatic rings. The minimum atomic E-state index is 0.928. The molecule has 6 heavy (non-hydrogen) atoms. The molecule has 4 N–H and O–H groups in total. The van der Waals surface area contributed by atoms with E-state index in [-0.39, 0.29) is 0 Å². The average molecular weight is 86.1 g/mol. The lowest BCUT2D eigenvalue weighted by atomic mass is 10.4. The number of rotatable bonds is 2. The summed E-state index contributed by atoms with van der Waals surface area (Å²) in [6, 6.07) is 0.928. The Bertz CT molecular complexity index is 26.7. The summed E-state index contributed by atoms with van der Waals surface area (Å²) < 4.78 is 0. The van der Waals surface area contributed by atoms with Crippen molar-refractivity contribution >= 4 is 0 Å². The molecule has 0 saturated carbocycles. The van der Waals surface area contributed by atoms with Gasteiger partial charge in [0.25, 0.3) is 0 Å². The first-order chi connectivity index (χ1) is 2.77. The van der Waals surface area contributed by atoms with Crippen molar-refractivity contribution in [3.8, 4) is 0 Å². The molecule has 0 atom stereocenters. The molecule has 0 aliphatic carbocycles. The van der Waals surface area contributed by atoms with E-state index in [0.717, 1.165) is 6.04 Å². The first-order valence-electron chi connectivity index (χ1n) is 1.85. The predicted molar refractivity (Wildman–Crippen MR) is 24.1 cm³/mol. The van der Waals surface area contributed by atoms with Crippen LogP contribution >= 0.6 is 0 Å². The van der Waals surface area contributed by atoms with E-state index in [1.807, 2.05) is 6.92 Å². The predicted octanol–water partition coefficient (Wildman–Crippen LogP) is -0.962. The maximum atomic E-state index is 3.57. The topological polar surface area (TPSA) is 39.7 Å². The summed E-state index contributed by atoms with van der Waals surface area (Å²) >= 11 is 0. The summed E-state index contributed by atoms with van der Waals surface area (Å²) in [7, 11) is 1.80. The third-order valence-electron chi connectivity index (χ3n) is 0.338. The van der Waals surface area contributed by atoms with Gasteiger partial charge in [0.1, 0.15) is 0 Å². The quantitative estimate of drug-likeness (QED) is 0.330. The summed E-state index contributed by atoms with van der Waals surface area (Å²) in [5.41, 5.74) is 3.57. The maximum Gasteiger partial charge on any atom is -0.0186 e. The highest BCUT2D eigenvalue weighted by Gasteiger charge is 1.75. The molecule has 0 rings (SSSR count). The Morgan fingerprint density at radius 3 is 2.33 bits per heavy atom. The van der Waals surface area contributed by atoms with Gasteiger partial charge in [0.15, 0.2) is 0 Å². The lowest BCUT2D eigenvalue weighted by Crippen LogP contribution is -2.53. The second-order valence-electron chi connectivity index (χ2n) is 1.16. The summed E-state index contributed by atoms with van der Waals surface area (Å²) in [6.45, 7) is 4.65. The zero-order valence-corrected chi connectivity index (χ0v) is 4.21. The van der Waals surface area contributed by atoms with Gasteiger partial charge in [-0.1, -0.05) is 6.54 Å². The summed E-state index contributed by atoms with van der Waals surface area (Å²) in [4.78, 5) is 0. The number of quaternary nitrogens is 1. The Balaban J connectivity index is 2.63. The Labute approximate surface area is 38.7 Å². The van der Waals surface area contributed by atoms with Crippen LogP contribution in [-0.2, 0) is 0 Å². The Morgan fingerprint density at radius 2 is 2.33 bits per heavy atom. The van der Waals surface area contributed by atoms with Crippen molar-refractivity contribution in [3.05, 3.63) is 12.6 Å². The average Bonchev–Trinajstić information content (AvgIpc) is 1.35. The molecule has 0 unspecified atom stereocenters. The number of hydrogen-bond acceptors (Lipinski definition) is 1. The van der Waals surface area contributed by atoms with Crippen molar-refractivity contribution in [3.63, 3.8) is 0 Å². The molecule has 0 aromatic heterocycles. The molecule has 0 aliphatic heterocycles. The van der Waals surface area contributed by atoms with Crippen LogP contribution in [0.4, 0.5) is 0 Å². The Kier molecular flexibility index (Phi) is 3.08. The van der Waals surface area contributed by atoms with Crippen LogP contribution in [0.3, 0.4) is 0 Å². The number of hydrogen-bond donors (Lipinski definition) is 2. The van der Waals surface area contributed by atoms with Crippen LogP contribution in [0.1, 0.15) is 6.92 Å².